The van der Waals surface area contributed by atoms with Gasteiger partial charge in [0.1, 0.15) is 0 Å². The third-order valence-electron chi connectivity index (χ3n) is 14.2. The lowest BCUT2D eigenvalue weighted by Gasteiger charge is -2.61. The van der Waals surface area contributed by atoms with E-state index in [-0.39, 0.29) is 5.97 Å². The molecule has 9 atom stereocenters. The first-order valence-corrected chi connectivity index (χ1v) is 20.9. The number of hydrogen-bond donors (Lipinski definition) is 0. The number of hydrogen-bond acceptors (Lipinski definition) is 2. The van der Waals surface area contributed by atoms with Gasteiger partial charge in [-0.25, -0.2) is 0 Å². The number of rotatable bonds is 20. The molecule has 268 valence electrons. The molecule has 47 heavy (non-hydrogen) atoms. The molecule has 4 aliphatic carbocycles. The van der Waals surface area contributed by atoms with Crippen LogP contribution in [0.25, 0.3) is 0 Å². The van der Waals surface area contributed by atoms with Crippen LogP contribution in [0.1, 0.15) is 182 Å². The quantitative estimate of drug-likeness (QED) is 0.0746. The number of fused-ring (bicyclic) bond motifs is 5. The van der Waals surface area contributed by atoms with Crippen molar-refractivity contribution in [2.45, 2.75) is 182 Å². The van der Waals surface area contributed by atoms with Crippen LogP contribution in [-0.2, 0) is 9.53 Å². The maximum atomic E-state index is 12.3. The normalized spacial score (nSPS) is 33.6. The number of carbonyl (C=O) groups excluding carboxylic acids is 1. The van der Waals surface area contributed by atoms with Gasteiger partial charge < -0.3 is 4.74 Å². The second-order valence-corrected chi connectivity index (χ2v) is 17.5. The summed E-state index contributed by atoms with van der Waals surface area (Å²) in [7, 11) is 0. The summed E-state index contributed by atoms with van der Waals surface area (Å²) >= 11 is 0. The summed E-state index contributed by atoms with van der Waals surface area (Å²) in [5.41, 5.74) is 1.24. The largest absolute Gasteiger partial charge is 0.465 e. The van der Waals surface area contributed by atoms with Crippen molar-refractivity contribution in [3.63, 3.8) is 0 Å². The zero-order chi connectivity index (χ0) is 33.5. The Balaban J connectivity index is 1.03. The van der Waals surface area contributed by atoms with E-state index >= 15 is 0 Å². The van der Waals surface area contributed by atoms with E-state index in [4.69, 9.17) is 4.74 Å². The van der Waals surface area contributed by atoms with E-state index in [1.165, 1.54) is 109 Å². The highest BCUT2D eigenvalue weighted by molar-refractivity contribution is 5.69. The molecule has 0 N–H and O–H groups in total. The average Bonchev–Trinajstić information content (AvgIpc) is 3.42. The molecule has 0 bridgehead atoms. The van der Waals surface area contributed by atoms with Crippen LogP contribution < -0.4 is 0 Å². The molecule has 0 aliphatic heterocycles. The minimum atomic E-state index is -0.00322. The van der Waals surface area contributed by atoms with Crippen LogP contribution in [0.5, 0.6) is 0 Å². The minimum absolute atomic E-state index is 0.00322. The zero-order valence-corrected chi connectivity index (χ0v) is 31.8. The van der Waals surface area contributed by atoms with Crippen molar-refractivity contribution in [3.8, 4) is 0 Å². The standard InChI is InChI=1S/C45H76O2/c1-6-7-8-9-10-11-12-13-14-15-16-17-18-19-20-27-43(46)47-35-36(2)24-23-25-37(3)40-30-31-41-39-29-28-38-26-21-22-33-44(38,4)42(39)32-34-45(40,41)5/h10-11,13-14,16-17,36-42H,6-9,12,15,18-35H2,1-5H3/b11-10-,14-13-,17-16-/t36?,37-,38?,39+,40-,41+,42+,44+,45-/m1/s1. The van der Waals surface area contributed by atoms with Gasteiger partial charge in [-0.1, -0.05) is 110 Å². The molecule has 0 amide bonds. The Morgan fingerprint density at radius 2 is 1.43 bits per heavy atom. The summed E-state index contributed by atoms with van der Waals surface area (Å²) in [5, 5.41) is 0. The van der Waals surface area contributed by atoms with E-state index in [0.29, 0.717) is 29.8 Å². The maximum absolute atomic E-state index is 12.3. The third-order valence-corrected chi connectivity index (χ3v) is 14.2. The molecule has 2 nitrogen and oxygen atoms in total. The van der Waals surface area contributed by atoms with E-state index in [0.717, 1.165) is 67.6 Å². The summed E-state index contributed by atoms with van der Waals surface area (Å²) in [4.78, 5) is 12.3. The fourth-order valence-corrected chi connectivity index (χ4v) is 11.5. The third kappa shape index (κ3) is 10.8. The number of ether oxygens (including phenoxy) is 1. The van der Waals surface area contributed by atoms with Crippen molar-refractivity contribution in [2.75, 3.05) is 6.61 Å². The molecule has 4 saturated carbocycles. The Morgan fingerprint density at radius 3 is 2.17 bits per heavy atom. The van der Waals surface area contributed by atoms with E-state index in [1.54, 1.807) is 0 Å². The Hall–Kier alpha value is -1.31. The predicted molar refractivity (Wildman–Crippen MR) is 202 cm³/mol. The molecular weight excluding hydrogens is 572 g/mol. The molecule has 4 aliphatic rings. The predicted octanol–water partition coefficient (Wildman–Crippen LogP) is 13.6. The molecule has 0 aromatic heterocycles. The summed E-state index contributed by atoms with van der Waals surface area (Å²) in [6.07, 6.45) is 43.3. The molecule has 0 aromatic rings. The monoisotopic (exact) mass is 649 g/mol. The van der Waals surface area contributed by atoms with Gasteiger partial charge in [-0.05, 0) is 155 Å². The topological polar surface area (TPSA) is 26.3 Å². The number of unbranched alkanes of at least 4 members (excludes halogenated alkanes) is 5. The van der Waals surface area contributed by atoms with Crippen LogP contribution in [0, 0.1) is 52.3 Å². The smallest absolute Gasteiger partial charge is 0.305 e. The summed E-state index contributed by atoms with van der Waals surface area (Å²) < 4.78 is 5.69. The van der Waals surface area contributed by atoms with Gasteiger partial charge in [0.05, 0.1) is 6.61 Å². The molecular formula is C45H76O2. The highest BCUT2D eigenvalue weighted by Crippen LogP contribution is 2.68. The SMILES string of the molecule is CCCCC/C=C\C/C=C\C/C=C\CCCCC(=O)OCC(C)CCC[C@@H](C)[C@H]1CC[C@H]2[C@@H]3CCC4CCCC[C@]4(C)[C@H]3CC[C@]12C. The Morgan fingerprint density at radius 1 is 0.723 bits per heavy atom. The van der Waals surface area contributed by atoms with Gasteiger partial charge in [0.2, 0.25) is 0 Å². The number of carbonyl (C=O) groups is 1. The van der Waals surface area contributed by atoms with E-state index < -0.39 is 0 Å². The van der Waals surface area contributed by atoms with Gasteiger partial charge in [-0.15, -0.1) is 0 Å². The first-order valence-electron chi connectivity index (χ1n) is 20.9. The van der Waals surface area contributed by atoms with Gasteiger partial charge in [0.15, 0.2) is 0 Å². The van der Waals surface area contributed by atoms with Crippen LogP contribution in [0.2, 0.25) is 0 Å². The van der Waals surface area contributed by atoms with E-state index in [2.05, 4.69) is 71.1 Å². The van der Waals surface area contributed by atoms with Crippen molar-refractivity contribution in [1.82, 2.24) is 0 Å². The molecule has 0 radical (unpaired) electrons. The second-order valence-electron chi connectivity index (χ2n) is 17.5. The first kappa shape index (κ1) is 38.5. The summed E-state index contributed by atoms with van der Waals surface area (Å²) in [6, 6.07) is 0. The molecule has 0 saturated heterocycles. The Bertz CT molecular complexity index is 992. The zero-order valence-electron chi connectivity index (χ0n) is 31.8. The van der Waals surface area contributed by atoms with Crippen molar-refractivity contribution in [2.24, 2.45) is 52.3 Å². The van der Waals surface area contributed by atoms with Crippen molar-refractivity contribution in [3.05, 3.63) is 36.5 Å². The van der Waals surface area contributed by atoms with Crippen LogP contribution in [0.15, 0.2) is 36.5 Å². The number of esters is 1. The highest BCUT2D eigenvalue weighted by atomic mass is 16.5. The van der Waals surface area contributed by atoms with Gasteiger partial charge in [0.25, 0.3) is 0 Å². The van der Waals surface area contributed by atoms with Crippen molar-refractivity contribution in [1.29, 1.82) is 0 Å². The molecule has 4 rings (SSSR count). The van der Waals surface area contributed by atoms with Crippen molar-refractivity contribution < 1.29 is 9.53 Å². The average molecular weight is 649 g/mol. The van der Waals surface area contributed by atoms with E-state index in [1.807, 2.05) is 0 Å². The first-order chi connectivity index (χ1) is 22.8. The minimum Gasteiger partial charge on any atom is -0.465 e. The molecule has 0 aromatic carbocycles. The van der Waals surface area contributed by atoms with Crippen LogP contribution in [0.3, 0.4) is 0 Å². The lowest BCUT2D eigenvalue weighted by molar-refractivity contribution is -0.145. The van der Waals surface area contributed by atoms with Crippen LogP contribution >= 0.6 is 0 Å². The fraction of sp³-hybridized carbons (Fsp3) is 0.844. The molecule has 4 fully saturated rings. The van der Waals surface area contributed by atoms with Gasteiger partial charge >= 0.3 is 5.97 Å². The lowest BCUT2D eigenvalue weighted by atomic mass is 9.44. The van der Waals surface area contributed by atoms with Crippen LogP contribution in [-0.4, -0.2) is 12.6 Å². The van der Waals surface area contributed by atoms with Gasteiger partial charge in [-0.2, -0.15) is 0 Å². The second kappa shape index (κ2) is 19.8. The lowest BCUT2D eigenvalue weighted by Crippen LogP contribution is -2.53. The van der Waals surface area contributed by atoms with Gasteiger partial charge in [0, 0.05) is 6.42 Å². The molecule has 0 spiro atoms. The summed E-state index contributed by atoms with van der Waals surface area (Å²) in [5.74, 6) is 6.25. The fourth-order valence-electron chi connectivity index (χ4n) is 11.5. The number of allylic oxidation sites excluding steroid dienone is 6. The van der Waals surface area contributed by atoms with E-state index in [9.17, 15) is 4.79 Å². The Kier molecular flexibility index (Phi) is 16.2. The molecule has 2 unspecified atom stereocenters. The molecule has 0 heterocycles. The van der Waals surface area contributed by atoms with Crippen LogP contribution in [0.4, 0.5) is 0 Å². The Labute approximate surface area is 292 Å². The van der Waals surface area contributed by atoms with Gasteiger partial charge in [-0.3, -0.25) is 4.79 Å². The molecule has 2 heteroatoms. The maximum Gasteiger partial charge on any atom is 0.305 e. The van der Waals surface area contributed by atoms with Crippen molar-refractivity contribution >= 4 is 5.97 Å². The summed E-state index contributed by atoms with van der Waals surface area (Å²) in [6.45, 7) is 13.2. The highest BCUT2D eigenvalue weighted by Gasteiger charge is 2.60.